The minimum Gasteiger partial charge on any atom is -0.474 e. The Kier molecular flexibility index (Phi) is 7.19. The molecular weight excluding hydrogens is 423 g/mol. The molecule has 0 atom stereocenters. The van der Waals surface area contributed by atoms with E-state index >= 15 is 0 Å². The lowest BCUT2D eigenvalue weighted by atomic mass is 10.1. The first kappa shape index (κ1) is 23.0. The van der Waals surface area contributed by atoms with Gasteiger partial charge in [-0.25, -0.2) is 9.97 Å². The molecule has 164 valence electrons. The van der Waals surface area contributed by atoms with Crippen molar-refractivity contribution in [2.45, 2.75) is 46.0 Å². The van der Waals surface area contributed by atoms with Crippen LogP contribution in [0, 0.1) is 11.8 Å². The Labute approximate surface area is 184 Å². The predicted molar refractivity (Wildman–Crippen MR) is 117 cm³/mol. The number of benzene rings is 1. The van der Waals surface area contributed by atoms with Crippen LogP contribution in [-0.2, 0) is 6.18 Å². The maximum Gasteiger partial charge on any atom is 0.416 e. The van der Waals surface area contributed by atoms with Crippen molar-refractivity contribution in [1.82, 2.24) is 14.9 Å². The van der Waals surface area contributed by atoms with Gasteiger partial charge < -0.3 is 4.74 Å². The van der Waals surface area contributed by atoms with Crippen LogP contribution in [0.2, 0.25) is 0 Å². The summed E-state index contributed by atoms with van der Waals surface area (Å²) in [4.78, 5) is 11.4. The van der Waals surface area contributed by atoms with Crippen molar-refractivity contribution in [3.63, 3.8) is 0 Å². The molecule has 0 N–H and O–H groups in total. The summed E-state index contributed by atoms with van der Waals surface area (Å²) in [5.74, 6) is 6.11. The summed E-state index contributed by atoms with van der Waals surface area (Å²) in [6, 6.07) is 5.48. The normalized spacial score (nSPS) is 11.9. The molecule has 0 aliphatic carbocycles. The van der Waals surface area contributed by atoms with Crippen molar-refractivity contribution >= 4 is 22.4 Å². The van der Waals surface area contributed by atoms with Crippen LogP contribution < -0.4 is 4.74 Å². The highest BCUT2D eigenvalue weighted by atomic mass is 32.1. The van der Waals surface area contributed by atoms with E-state index in [1.165, 1.54) is 23.5 Å². The molecule has 0 radical (unpaired) electrons. The van der Waals surface area contributed by atoms with Gasteiger partial charge in [0.25, 0.3) is 0 Å². The number of ether oxygens (including phenoxy) is 1. The maximum atomic E-state index is 12.7. The number of hydrogen-bond donors (Lipinski definition) is 0. The molecule has 0 aliphatic rings. The minimum absolute atomic E-state index is 0.331. The largest absolute Gasteiger partial charge is 0.474 e. The fourth-order valence-corrected chi connectivity index (χ4v) is 3.87. The zero-order valence-corrected chi connectivity index (χ0v) is 18.6. The van der Waals surface area contributed by atoms with Crippen molar-refractivity contribution in [3.05, 3.63) is 51.8 Å². The van der Waals surface area contributed by atoms with E-state index in [0.29, 0.717) is 41.3 Å². The number of nitrogens with zero attached hydrogens (tertiary/aromatic N) is 3. The van der Waals surface area contributed by atoms with Crippen LogP contribution in [0.3, 0.4) is 0 Å². The third-order valence-electron chi connectivity index (χ3n) is 4.73. The number of halogens is 3. The fourth-order valence-electron chi connectivity index (χ4n) is 3.20. The summed E-state index contributed by atoms with van der Waals surface area (Å²) in [6.45, 7) is 9.70. The standard InChI is InChI=1S/C23H24F3N3OS/c1-15(2)29(16(3)4)11-12-30-22-19(27-20-13-31-14-21(20)28-22)10-7-17-5-8-18(9-6-17)23(24,25)26/h5-6,8-9,13-16H,11-12H2,1-4H3. The molecule has 0 amide bonds. The predicted octanol–water partition coefficient (Wildman–Crippen LogP) is 5.61. The summed E-state index contributed by atoms with van der Waals surface area (Å²) >= 11 is 1.48. The first-order chi connectivity index (χ1) is 14.6. The molecule has 0 aliphatic heterocycles. The monoisotopic (exact) mass is 447 g/mol. The van der Waals surface area contributed by atoms with E-state index in [0.717, 1.165) is 24.2 Å². The summed E-state index contributed by atoms with van der Waals surface area (Å²) in [6.07, 6.45) is -4.37. The lowest BCUT2D eigenvalue weighted by Crippen LogP contribution is -2.39. The smallest absolute Gasteiger partial charge is 0.416 e. The number of fused-ring (bicyclic) bond motifs is 1. The van der Waals surface area contributed by atoms with Crippen molar-refractivity contribution in [3.8, 4) is 17.7 Å². The molecule has 0 saturated carbocycles. The molecule has 31 heavy (non-hydrogen) atoms. The summed E-state index contributed by atoms with van der Waals surface area (Å²) in [5, 5.41) is 3.76. The number of aromatic nitrogens is 2. The Balaban J connectivity index is 1.82. The van der Waals surface area contributed by atoms with Crippen molar-refractivity contribution in [2.75, 3.05) is 13.2 Å². The number of hydrogen-bond acceptors (Lipinski definition) is 5. The summed E-state index contributed by atoms with van der Waals surface area (Å²) in [5.41, 5.74) is 1.55. The van der Waals surface area contributed by atoms with Gasteiger partial charge in [0.2, 0.25) is 5.88 Å². The molecule has 1 aromatic carbocycles. The van der Waals surface area contributed by atoms with E-state index in [1.807, 2.05) is 10.8 Å². The van der Waals surface area contributed by atoms with Crippen molar-refractivity contribution < 1.29 is 17.9 Å². The highest BCUT2D eigenvalue weighted by molar-refractivity contribution is 7.09. The van der Waals surface area contributed by atoms with Gasteiger partial charge in [-0.3, -0.25) is 4.90 Å². The second-order valence-electron chi connectivity index (χ2n) is 7.62. The Bertz CT molecular complexity index is 1070. The Morgan fingerprint density at radius 3 is 2.16 bits per heavy atom. The zero-order chi connectivity index (χ0) is 22.6. The average Bonchev–Trinajstić information content (AvgIpc) is 3.15. The van der Waals surface area contributed by atoms with E-state index in [2.05, 4.69) is 54.4 Å². The second-order valence-corrected chi connectivity index (χ2v) is 8.36. The van der Waals surface area contributed by atoms with Gasteiger partial charge in [0.1, 0.15) is 17.6 Å². The summed E-state index contributed by atoms with van der Waals surface area (Å²) in [7, 11) is 0. The Morgan fingerprint density at radius 1 is 0.968 bits per heavy atom. The van der Waals surface area contributed by atoms with Crippen LogP contribution in [0.4, 0.5) is 13.2 Å². The molecule has 8 heteroatoms. The van der Waals surface area contributed by atoms with Gasteiger partial charge in [-0.2, -0.15) is 13.2 Å². The number of rotatable bonds is 6. The van der Waals surface area contributed by atoms with Crippen LogP contribution in [0.1, 0.15) is 44.5 Å². The molecule has 0 spiro atoms. The molecule has 3 rings (SSSR count). The van der Waals surface area contributed by atoms with E-state index in [1.54, 1.807) is 0 Å². The van der Waals surface area contributed by atoms with Crippen LogP contribution in [0.25, 0.3) is 11.0 Å². The topological polar surface area (TPSA) is 38.2 Å². The summed E-state index contributed by atoms with van der Waals surface area (Å²) < 4.78 is 44.2. The van der Waals surface area contributed by atoms with Gasteiger partial charge in [-0.05, 0) is 57.9 Å². The van der Waals surface area contributed by atoms with Gasteiger partial charge in [0.05, 0.1) is 5.56 Å². The molecule has 0 saturated heterocycles. The SMILES string of the molecule is CC(C)N(CCOc1nc2cscc2nc1C#Cc1ccc(C(F)(F)F)cc1)C(C)C. The van der Waals surface area contributed by atoms with Gasteiger partial charge in [-0.1, -0.05) is 5.92 Å². The third-order valence-corrected chi connectivity index (χ3v) is 5.45. The van der Waals surface area contributed by atoms with Crippen molar-refractivity contribution in [2.24, 2.45) is 0 Å². The van der Waals surface area contributed by atoms with E-state index in [9.17, 15) is 13.2 Å². The van der Waals surface area contributed by atoms with E-state index in [-0.39, 0.29) is 0 Å². The average molecular weight is 448 g/mol. The van der Waals surface area contributed by atoms with Crippen LogP contribution in [-0.4, -0.2) is 40.1 Å². The maximum absolute atomic E-state index is 12.7. The van der Waals surface area contributed by atoms with Crippen LogP contribution in [0.5, 0.6) is 5.88 Å². The first-order valence-corrected chi connectivity index (χ1v) is 10.9. The van der Waals surface area contributed by atoms with E-state index < -0.39 is 11.7 Å². The third kappa shape index (κ3) is 5.96. The minimum atomic E-state index is -4.37. The highest BCUT2D eigenvalue weighted by Gasteiger charge is 2.29. The molecule has 0 fully saturated rings. The molecule has 0 unspecified atom stereocenters. The molecular formula is C23H24F3N3OS. The first-order valence-electron chi connectivity index (χ1n) is 9.97. The fraction of sp³-hybridized carbons (Fsp3) is 0.391. The quantitative estimate of drug-likeness (QED) is 0.461. The molecule has 0 bridgehead atoms. The number of alkyl halides is 3. The van der Waals surface area contributed by atoms with Gasteiger partial charge in [0, 0.05) is 35.0 Å². The van der Waals surface area contributed by atoms with Crippen LogP contribution >= 0.6 is 11.3 Å². The second kappa shape index (κ2) is 9.67. The lowest BCUT2D eigenvalue weighted by molar-refractivity contribution is -0.137. The molecule has 3 aromatic rings. The molecule has 2 aromatic heterocycles. The molecule has 4 nitrogen and oxygen atoms in total. The lowest BCUT2D eigenvalue weighted by Gasteiger charge is -2.30. The Morgan fingerprint density at radius 2 is 1.58 bits per heavy atom. The van der Waals surface area contributed by atoms with Gasteiger partial charge in [-0.15, -0.1) is 11.3 Å². The Hall–Kier alpha value is -2.63. The van der Waals surface area contributed by atoms with Gasteiger partial charge >= 0.3 is 6.18 Å². The van der Waals surface area contributed by atoms with E-state index in [4.69, 9.17) is 4.74 Å². The zero-order valence-electron chi connectivity index (χ0n) is 17.8. The van der Waals surface area contributed by atoms with Crippen LogP contribution in [0.15, 0.2) is 35.0 Å². The van der Waals surface area contributed by atoms with Gasteiger partial charge in [0.15, 0.2) is 5.69 Å². The highest BCUT2D eigenvalue weighted by Crippen LogP contribution is 2.29. The van der Waals surface area contributed by atoms with Crippen molar-refractivity contribution in [1.29, 1.82) is 0 Å². The number of thiophene rings is 1. The molecule has 2 heterocycles.